The summed E-state index contributed by atoms with van der Waals surface area (Å²) in [7, 11) is 0. The molecule has 2 amide bonds. The summed E-state index contributed by atoms with van der Waals surface area (Å²) in [6, 6.07) is 3.52. The van der Waals surface area contributed by atoms with Gasteiger partial charge in [0.2, 0.25) is 5.91 Å². The van der Waals surface area contributed by atoms with Crippen molar-refractivity contribution in [2.24, 2.45) is 11.1 Å². The minimum absolute atomic E-state index is 0.144. The van der Waals surface area contributed by atoms with Crippen molar-refractivity contribution in [3.05, 3.63) is 24.5 Å². The molecule has 0 bridgehead atoms. The van der Waals surface area contributed by atoms with E-state index in [1.807, 2.05) is 18.7 Å². The van der Waals surface area contributed by atoms with Crippen molar-refractivity contribution in [3.63, 3.8) is 0 Å². The number of nitrogens with one attached hydrogen (secondary N) is 1. The lowest BCUT2D eigenvalue weighted by atomic mass is 9.87. The van der Waals surface area contributed by atoms with Crippen LogP contribution >= 0.6 is 0 Å². The number of oxime groups is 1. The van der Waals surface area contributed by atoms with E-state index in [1.165, 1.54) is 0 Å². The molecule has 0 radical (unpaired) electrons. The molecule has 134 valence electrons. The van der Waals surface area contributed by atoms with Gasteiger partial charge in [0, 0.05) is 25.6 Å². The van der Waals surface area contributed by atoms with Crippen molar-refractivity contribution < 1.29 is 14.4 Å². The van der Waals surface area contributed by atoms with Gasteiger partial charge in [0.05, 0.1) is 18.4 Å². The summed E-state index contributed by atoms with van der Waals surface area (Å²) in [5.74, 6) is 0.188. The molecular weight excluding hydrogens is 320 g/mol. The molecule has 1 fully saturated rings. The van der Waals surface area contributed by atoms with Crippen LogP contribution < -0.4 is 5.32 Å². The van der Waals surface area contributed by atoms with Gasteiger partial charge in [-0.15, -0.1) is 0 Å². The second-order valence-electron chi connectivity index (χ2n) is 7.20. The summed E-state index contributed by atoms with van der Waals surface area (Å²) in [5.41, 5.74) is 0.419. The summed E-state index contributed by atoms with van der Waals surface area (Å²) in [4.78, 5) is 36.2. The van der Waals surface area contributed by atoms with Crippen LogP contribution in [0.3, 0.4) is 0 Å². The molecule has 25 heavy (non-hydrogen) atoms. The Kier molecular flexibility index (Phi) is 5.01. The quantitative estimate of drug-likeness (QED) is 0.907. The molecule has 1 aromatic heterocycles. The number of nitrogens with zero attached hydrogens (tertiary/aromatic N) is 3. The van der Waals surface area contributed by atoms with Crippen LogP contribution in [0, 0.1) is 5.92 Å². The molecule has 0 aliphatic carbocycles. The molecule has 0 aromatic carbocycles. The fourth-order valence-corrected chi connectivity index (χ4v) is 3.29. The first kappa shape index (κ1) is 17.4. The standard InChI is InChI=1S/C18H24N4O3/c1-13(2)9-16(23)22-8-4-6-18(12-22)10-15(21-25-18)17(24)20-14-5-3-7-19-11-14/h3,5,7,11,13H,4,6,8-10,12H2,1-2H3,(H,20,24)/t18-/m1/s1. The first-order valence-corrected chi connectivity index (χ1v) is 8.72. The number of pyridine rings is 1. The first-order chi connectivity index (χ1) is 12.0. The van der Waals surface area contributed by atoms with Crippen LogP contribution in [-0.2, 0) is 14.4 Å². The van der Waals surface area contributed by atoms with Crippen LogP contribution in [0.4, 0.5) is 5.69 Å². The Balaban J connectivity index is 1.60. The number of carbonyl (C=O) groups excluding carboxylic acids is 2. The van der Waals surface area contributed by atoms with Crippen molar-refractivity contribution in [3.8, 4) is 0 Å². The molecule has 3 heterocycles. The maximum absolute atomic E-state index is 12.4. The third kappa shape index (κ3) is 4.15. The number of hydrogen-bond acceptors (Lipinski definition) is 5. The lowest BCUT2D eigenvalue weighted by Gasteiger charge is -2.38. The van der Waals surface area contributed by atoms with Gasteiger partial charge in [-0.2, -0.15) is 0 Å². The zero-order chi connectivity index (χ0) is 17.9. The van der Waals surface area contributed by atoms with Crippen LogP contribution in [0.1, 0.15) is 39.5 Å². The van der Waals surface area contributed by atoms with Gasteiger partial charge in [0.15, 0.2) is 5.60 Å². The monoisotopic (exact) mass is 344 g/mol. The van der Waals surface area contributed by atoms with E-state index in [1.54, 1.807) is 24.5 Å². The third-order valence-electron chi connectivity index (χ3n) is 4.50. The van der Waals surface area contributed by atoms with E-state index in [2.05, 4.69) is 15.5 Å². The van der Waals surface area contributed by atoms with Crippen LogP contribution in [0.25, 0.3) is 0 Å². The van der Waals surface area contributed by atoms with Gasteiger partial charge in [0.1, 0.15) is 5.71 Å². The van der Waals surface area contributed by atoms with Crippen molar-refractivity contribution in [1.82, 2.24) is 9.88 Å². The number of piperidine rings is 1. The van der Waals surface area contributed by atoms with Gasteiger partial charge < -0.3 is 15.1 Å². The second-order valence-corrected chi connectivity index (χ2v) is 7.20. The van der Waals surface area contributed by atoms with E-state index in [4.69, 9.17) is 4.84 Å². The van der Waals surface area contributed by atoms with Gasteiger partial charge in [-0.25, -0.2) is 0 Å². The van der Waals surface area contributed by atoms with E-state index >= 15 is 0 Å². The van der Waals surface area contributed by atoms with Gasteiger partial charge in [-0.05, 0) is 30.9 Å². The fourth-order valence-electron chi connectivity index (χ4n) is 3.29. The Morgan fingerprint density at radius 2 is 2.28 bits per heavy atom. The van der Waals surface area contributed by atoms with E-state index in [0.29, 0.717) is 36.7 Å². The SMILES string of the molecule is CC(C)CC(=O)N1CCC[C@@]2(CC(C(=O)Nc3cccnc3)=NO2)C1. The third-order valence-corrected chi connectivity index (χ3v) is 4.50. The smallest absolute Gasteiger partial charge is 0.273 e. The van der Waals surface area contributed by atoms with Crippen LogP contribution in [0.2, 0.25) is 0 Å². The Morgan fingerprint density at radius 3 is 3.00 bits per heavy atom. The van der Waals surface area contributed by atoms with Crippen molar-refractivity contribution in [1.29, 1.82) is 0 Å². The van der Waals surface area contributed by atoms with E-state index in [9.17, 15) is 9.59 Å². The highest BCUT2D eigenvalue weighted by Crippen LogP contribution is 2.34. The number of likely N-dealkylation sites (tertiary alicyclic amines) is 1. The zero-order valence-electron chi connectivity index (χ0n) is 14.7. The van der Waals surface area contributed by atoms with Gasteiger partial charge in [-0.3, -0.25) is 14.6 Å². The summed E-state index contributed by atoms with van der Waals surface area (Å²) in [6.45, 7) is 5.31. The van der Waals surface area contributed by atoms with Gasteiger partial charge in [0.25, 0.3) is 5.91 Å². The lowest BCUT2D eigenvalue weighted by molar-refractivity contribution is -0.141. The fraction of sp³-hybridized carbons (Fsp3) is 0.556. The highest BCUT2D eigenvalue weighted by molar-refractivity contribution is 6.43. The molecular formula is C18H24N4O3. The number of carbonyl (C=O) groups is 2. The Hall–Kier alpha value is -2.44. The average Bonchev–Trinajstić information content (AvgIpc) is 2.99. The number of aromatic nitrogens is 1. The van der Waals surface area contributed by atoms with Gasteiger partial charge >= 0.3 is 0 Å². The number of amides is 2. The zero-order valence-corrected chi connectivity index (χ0v) is 14.7. The van der Waals surface area contributed by atoms with Crippen LogP contribution in [0.5, 0.6) is 0 Å². The van der Waals surface area contributed by atoms with E-state index in [-0.39, 0.29) is 11.8 Å². The predicted molar refractivity (Wildman–Crippen MR) is 94.0 cm³/mol. The topological polar surface area (TPSA) is 83.9 Å². The second kappa shape index (κ2) is 7.21. The highest BCUT2D eigenvalue weighted by atomic mass is 16.7. The van der Waals surface area contributed by atoms with Crippen LogP contribution in [0.15, 0.2) is 29.7 Å². The summed E-state index contributed by atoms with van der Waals surface area (Å²) in [5, 5.41) is 6.78. The summed E-state index contributed by atoms with van der Waals surface area (Å²) < 4.78 is 0. The molecule has 1 aromatic rings. The highest BCUT2D eigenvalue weighted by Gasteiger charge is 2.45. The maximum atomic E-state index is 12.4. The maximum Gasteiger partial charge on any atom is 0.273 e. The van der Waals surface area contributed by atoms with Crippen molar-refractivity contribution >= 4 is 23.2 Å². The normalized spacial score (nSPS) is 22.7. The molecule has 1 atom stereocenters. The molecule has 0 unspecified atom stereocenters. The summed E-state index contributed by atoms with van der Waals surface area (Å²) in [6.07, 6.45) is 5.83. The molecule has 7 heteroatoms. The molecule has 2 aliphatic rings. The minimum atomic E-state index is -0.563. The summed E-state index contributed by atoms with van der Waals surface area (Å²) >= 11 is 0. The van der Waals surface area contributed by atoms with E-state index in [0.717, 1.165) is 19.4 Å². The van der Waals surface area contributed by atoms with Crippen molar-refractivity contribution in [2.75, 3.05) is 18.4 Å². The number of rotatable bonds is 4. The van der Waals surface area contributed by atoms with Gasteiger partial charge in [-0.1, -0.05) is 19.0 Å². The predicted octanol–water partition coefficient (Wildman–Crippen LogP) is 2.20. The molecule has 7 nitrogen and oxygen atoms in total. The molecule has 0 saturated carbocycles. The largest absolute Gasteiger partial charge is 0.386 e. The Morgan fingerprint density at radius 1 is 1.44 bits per heavy atom. The molecule has 1 spiro atoms. The molecule has 1 saturated heterocycles. The Bertz CT molecular complexity index is 674. The average molecular weight is 344 g/mol. The minimum Gasteiger partial charge on any atom is -0.386 e. The molecule has 1 N–H and O–H groups in total. The number of anilines is 1. The molecule has 3 rings (SSSR count). The van der Waals surface area contributed by atoms with Crippen molar-refractivity contribution in [2.45, 2.75) is 45.1 Å². The first-order valence-electron chi connectivity index (χ1n) is 8.72. The number of hydrogen-bond donors (Lipinski definition) is 1. The molecule has 2 aliphatic heterocycles. The Labute approximate surface area is 147 Å². The van der Waals surface area contributed by atoms with Crippen LogP contribution in [-0.4, -0.2) is 46.1 Å². The lowest BCUT2D eigenvalue weighted by Crippen LogP contribution is -2.51. The van der Waals surface area contributed by atoms with E-state index < -0.39 is 5.60 Å².